The lowest BCUT2D eigenvalue weighted by molar-refractivity contribution is -0.135. The van der Waals surface area contributed by atoms with Crippen LogP contribution in [0.5, 0.6) is 0 Å². The average molecular weight is 580 g/mol. The minimum Gasteiger partial charge on any atom is -0.391 e. The number of rotatable bonds is 7. The number of aromatic nitrogens is 1. The number of carbonyl (C=O) groups excluding carboxylic acids is 4. The van der Waals surface area contributed by atoms with Crippen molar-refractivity contribution in [3.63, 3.8) is 0 Å². The molecule has 0 unspecified atom stereocenters. The molecular weight excluding hydrogens is 538 g/mol. The van der Waals surface area contributed by atoms with Crippen LogP contribution in [0, 0.1) is 17.2 Å². The van der Waals surface area contributed by atoms with E-state index in [1.807, 2.05) is 48.0 Å². The number of nitrogens with one attached hydrogen (secondary N) is 4. The van der Waals surface area contributed by atoms with Crippen molar-refractivity contribution in [3.8, 4) is 6.07 Å². The van der Waals surface area contributed by atoms with Gasteiger partial charge in [0.25, 0.3) is 0 Å². The van der Waals surface area contributed by atoms with Gasteiger partial charge < -0.3 is 30.9 Å². The van der Waals surface area contributed by atoms with Gasteiger partial charge in [0.1, 0.15) is 29.9 Å². The molecule has 42 heavy (non-hydrogen) atoms. The summed E-state index contributed by atoms with van der Waals surface area (Å²) in [6.07, 6.45) is 0.779. The molecule has 1 fully saturated rings. The molecule has 0 radical (unpaired) electrons. The van der Waals surface area contributed by atoms with Gasteiger partial charge in [-0.3, -0.25) is 24.1 Å². The first-order valence-electron chi connectivity index (χ1n) is 14.2. The van der Waals surface area contributed by atoms with E-state index in [1.165, 1.54) is 6.92 Å². The number of nitrogens with zero attached hydrogens (tertiary/aromatic N) is 3. The summed E-state index contributed by atoms with van der Waals surface area (Å²) in [5, 5.41) is 30.7. The lowest BCUT2D eigenvalue weighted by Crippen LogP contribution is -2.60. The summed E-state index contributed by atoms with van der Waals surface area (Å²) in [5.74, 6) is -2.44. The van der Waals surface area contributed by atoms with Crippen LogP contribution in [0.15, 0.2) is 42.6 Å². The maximum atomic E-state index is 13.5. The van der Waals surface area contributed by atoms with Crippen molar-refractivity contribution >= 4 is 23.6 Å². The number of hydrogen-bond acceptors (Lipinski definition) is 7. The Bertz CT molecular complexity index is 1280. The molecule has 0 saturated carbocycles. The minimum absolute atomic E-state index is 0.0734. The summed E-state index contributed by atoms with van der Waals surface area (Å²) in [5.41, 5.74) is 2.10. The molecule has 1 aliphatic heterocycles. The topological polar surface area (TPSA) is 169 Å². The number of amides is 4. The van der Waals surface area contributed by atoms with Gasteiger partial charge in [-0.1, -0.05) is 44.2 Å². The Morgan fingerprint density at radius 1 is 0.976 bits per heavy atom. The number of aliphatic hydroxyl groups excluding tert-OH is 1. The van der Waals surface area contributed by atoms with Gasteiger partial charge in [-0.15, -0.1) is 0 Å². The number of carbonyl (C=O) groups is 4. The maximum Gasteiger partial charge on any atom is 0.245 e. The summed E-state index contributed by atoms with van der Waals surface area (Å²) in [4.78, 5) is 54.9. The summed E-state index contributed by atoms with van der Waals surface area (Å²) in [6, 6.07) is 9.77. The molecule has 0 spiro atoms. The second-order valence-electron chi connectivity index (χ2n) is 10.9. The van der Waals surface area contributed by atoms with E-state index < -0.39 is 47.9 Å². The molecule has 0 aliphatic carbocycles. The standard InChI is InChI=1S/C30H41N7O5/c1-5-37-17-22(13-23(37)15-31)16-36-12-11-32-29(41)27(20(4)38)35-28(40)24(14-21-9-7-6-8-10-21)33-30(42)26(19(2)3)34-25(39)18-36/h6-10,13,17,19-20,24,26-27,38H,5,11-12,14,16,18H2,1-4H3,(H,32,41)(H,33,42)(H,34,39)(H,35,40)/t20-,24+,26-,27+/m1/s1. The summed E-state index contributed by atoms with van der Waals surface area (Å²) < 4.78 is 1.81. The molecule has 1 aromatic heterocycles. The van der Waals surface area contributed by atoms with Gasteiger partial charge in [0.2, 0.25) is 23.6 Å². The van der Waals surface area contributed by atoms with Crippen LogP contribution in [-0.2, 0) is 38.7 Å². The maximum absolute atomic E-state index is 13.5. The zero-order chi connectivity index (χ0) is 30.8. The molecule has 1 saturated heterocycles. The first-order valence-corrected chi connectivity index (χ1v) is 14.2. The van der Waals surface area contributed by atoms with E-state index >= 15 is 0 Å². The monoisotopic (exact) mass is 579 g/mol. The molecular formula is C30H41N7O5. The first-order chi connectivity index (χ1) is 20.0. The van der Waals surface area contributed by atoms with Gasteiger partial charge >= 0.3 is 0 Å². The first kappa shape index (κ1) is 32.3. The second kappa shape index (κ2) is 15.1. The highest BCUT2D eigenvalue weighted by Crippen LogP contribution is 2.12. The highest BCUT2D eigenvalue weighted by Gasteiger charge is 2.33. The van der Waals surface area contributed by atoms with Crippen LogP contribution >= 0.6 is 0 Å². The highest BCUT2D eigenvalue weighted by atomic mass is 16.3. The van der Waals surface area contributed by atoms with Crippen LogP contribution in [0.2, 0.25) is 0 Å². The lowest BCUT2D eigenvalue weighted by Gasteiger charge is -2.27. The predicted octanol–water partition coefficient (Wildman–Crippen LogP) is 0.0454. The Hall–Kier alpha value is -4.21. The van der Waals surface area contributed by atoms with Gasteiger partial charge in [-0.25, -0.2) is 0 Å². The van der Waals surface area contributed by atoms with E-state index in [0.717, 1.165) is 11.1 Å². The van der Waals surface area contributed by atoms with Gasteiger partial charge in [0.05, 0.1) is 12.6 Å². The third-order valence-corrected chi connectivity index (χ3v) is 7.15. The molecule has 2 aromatic rings. The second-order valence-corrected chi connectivity index (χ2v) is 10.9. The lowest BCUT2D eigenvalue weighted by atomic mass is 10.0. The van der Waals surface area contributed by atoms with Crippen LogP contribution in [0.4, 0.5) is 0 Å². The van der Waals surface area contributed by atoms with Crippen molar-refractivity contribution < 1.29 is 24.3 Å². The smallest absolute Gasteiger partial charge is 0.245 e. The van der Waals surface area contributed by atoms with Gasteiger partial charge in [-0.2, -0.15) is 5.26 Å². The van der Waals surface area contributed by atoms with Crippen molar-refractivity contribution in [2.24, 2.45) is 5.92 Å². The van der Waals surface area contributed by atoms with E-state index in [1.54, 1.807) is 24.8 Å². The van der Waals surface area contributed by atoms with Gasteiger partial charge in [-0.05, 0) is 37.0 Å². The number of hydrogen-bond donors (Lipinski definition) is 5. The fourth-order valence-corrected chi connectivity index (χ4v) is 4.87. The Labute approximate surface area is 246 Å². The van der Waals surface area contributed by atoms with E-state index in [9.17, 15) is 29.5 Å². The third-order valence-electron chi connectivity index (χ3n) is 7.15. The minimum atomic E-state index is -1.26. The number of aliphatic hydroxyl groups is 1. The predicted molar refractivity (Wildman–Crippen MR) is 156 cm³/mol. The number of benzene rings is 1. The van der Waals surface area contributed by atoms with Crippen LogP contribution < -0.4 is 21.3 Å². The van der Waals surface area contributed by atoms with E-state index in [0.29, 0.717) is 18.8 Å². The van der Waals surface area contributed by atoms with Crippen LogP contribution in [0.1, 0.15) is 44.5 Å². The summed E-state index contributed by atoms with van der Waals surface area (Å²) >= 11 is 0. The van der Waals surface area contributed by atoms with Gasteiger partial charge in [0.15, 0.2) is 0 Å². The van der Waals surface area contributed by atoms with Gasteiger partial charge in [0, 0.05) is 38.8 Å². The van der Waals surface area contributed by atoms with Crippen molar-refractivity contribution in [3.05, 3.63) is 59.4 Å². The van der Waals surface area contributed by atoms with Crippen molar-refractivity contribution in [2.75, 3.05) is 19.6 Å². The van der Waals surface area contributed by atoms with E-state index in [4.69, 9.17) is 0 Å². The zero-order valence-electron chi connectivity index (χ0n) is 24.6. The summed E-state index contributed by atoms with van der Waals surface area (Å²) in [6.45, 7) is 8.17. The molecule has 226 valence electrons. The van der Waals surface area contributed by atoms with Crippen LogP contribution in [0.3, 0.4) is 0 Å². The number of aryl methyl sites for hydroxylation is 1. The fourth-order valence-electron chi connectivity index (χ4n) is 4.87. The molecule has 3 rings (SSSR count). The van der Waals surface area contributed by atoms with Crippen molar-refractivity contribution in [1.29, 1.82) is 5.26 Å². The van der Waals surface area contributed by atoms with Crippen molar-refractivity contribution in [1.82, 2.24) is 30.7 Å². The Morgan fingerprint density at radius 2 is 1.69 bits per heavy atom. The molecule has 2 heterocycles. The SMILES string of the molecule is CCn1cc(CN2CCNC(=O)[C@H]([C@@H](C)O)NC(=O)[C@H](Cc3ccccc3)NC(=O)[C@@H](C(C)C)NC(=O)C2)cc1C#N. The molecule has 4 atom stereocenters. The van der Waals surface area contributed by atoms with Crippen molar-refractivity contribution in [2.45, 2.75) is 71.4 Å². The molecule has 12 heteroatoms. The Kier molecular flexibility index (Phi) is 11.6. The normalized spacial score (nSPS) is 22.2. The van der Waals surface area contributed by atoms with E-state index in [2.05, 4.69) is 27.3 Å². The van der Waals surface area contributed by atoms with E-state index in [-0.39, 0.29) is 32.0 Å². The molecule has 4 amide bonds. The van der Waals surface area contributed by atoms with Crippen LogP contribution in [-0.4, -0.2) is 82.1 Å². The summed E-state index contributed by atoms with van der Waals surface area (Å²) in [7, 11) is 0. The third kappa shape index (κ3) is 8.89. The molecule has 1 aromatic carbocycles. The quantitative estimate of drug-likeness (QED) is 0.309. The fraction of sp³-hybridized carbons (Fsp3) is 0.500. The average Bonchev–Trinajstić information content (AvgIpc) is 3.35. The molecule has 12 nitrogen and oxygen atoms in total. The Balaban J connectivity index is 1.91. The highest BCUT2D eigenvalue weighted by molar-refractivity contribution is 5.95. The number of nitriles is 1. The molecule has 1 aliphatic rings. The van der Waals surface area contributed by atoms with Crippen LogP contribution in [0.25, 0.3) is 0 Å². The Morgan fingerprint density at radius 3 is 2.29 bits per heavy atom. The zero-order valence-corrected chi connectivity index (χ0v) is 24.6. The molecule has 0 bridgehead atoms. The largest absolute Gasteiger partial charge is 0.391 e. The molecule has 5 N–H and O–H groups in total.